The Morgan fingerprint density at radius 3 is 2.65 bits per heavy atom. The lowest BCUT2D eigenvalue weighted by Crippen LogP contribution is -2.19. The predicted molar refractivity (Wildman–Crippen MR) is 94.7 cm³/mol. The molecule has 0 N–H and O–H groups in total. The average molecular weight is 330 g/mol. The summed E-state index contributed by atoms with van der Waals surface area (Å²) in [5.41, 5.74) is 1.94. The molecule has 0 unspecified atom stereocenters. The summed E-state index contributed by atoms with van der Waals surface area (Å²) in [6.07, 6.45) is 3.55. The maximum Gasteiger partial charge on any atom is 0.253 e. The van der Waals surface area contributed by atoms with Gasteiger partial charge in [-0.1, -0.05) is 25.4 Å². The van der Waals surface area contributed by atoms with Crippen molar-refractivity contribution < 1.29 is 0 Å². The maximum atomic E-state index is 6.44. The molecule has 23 heavy (non-hydrogen) atoms. The van der Waals surface area contributed by atoms with Crippen LogP contribution in [0.25, 0.3) is 16.9 Å². The standard InChI is InChI=1S/C17H20ClN5/c1-5-22(4)16-13-9-12(11(2)3)14(18)10-15(13)20-17(21-16)23-8-6-7-19-23/h6-11H,5H2,1-4H3. The van der Waals surface area contributed by atoms with E-state index in [0.29, 0.717) is 11.9 Å². The Balaban J connectivity index is 2.30. The van der Waals surface area contributed by atoms with Gasteiger partial charge in [-0.3, -0.25) is 0 Å². The van der Waals surface area contributed by atoms with Crippen LogP contribution in [0.5, 0.6) is 0 Å². The topological polar surface area (TPSA) is 46.8 Å². The molecule has 0 aliphatic heterocycles. The molecule has 0 bridgehead atoms. The SMILES string of the molecule is CCN(C)c1nc(-n2cccn2)nc2cc(Cl)c(C(C)C)cc12. The molecule has 5 nitrogen and oxygen atoms in total. The summed E-state index contributed by atoms with van der Waals surface area (Å²) >= 11 is 6.44. The number of hydrogen-bond acceptors (Lipinski definition) is 4. The zero-order chi connectivity index (χ0) is 16.6. The van der Waals surface area contributed by atoms with Crippen molar-refractivity contribution in [3.05, 3.63) is 41.2 Å². The molecule has 2 heterocycles. The van der Waals surface area contributed by atoms with E-state index < -0.39 is 0 Å². The molecule has 0 aliphatic carbocycles. The van der Waals surface area contributed by atoms with Crippen LogP contribution in [-0.2, 0) is 0 Å². The first-order valence-corrected chi connectivity index (χ1v) is 8.11. The van der Waals surface area contributed by atoms with Crippen molar-refractivity contribution in [2.45, 2.75) is 26.7 Å². The summed E-state index contributed by atoms with van der Waals surface area (Å²) in [6.45, 7) is 7.22. The second-order valence-electron chi connectivity index (χ2n) is 5.86. The first kappa shape index (κ1) is 15.7. The fourth-order valence-electron chi connectivity index (χ4n) is 2.51. The van der Waals surface area contributed by atoms with Crippen LogP contribution in [0.1, 0.15) is 32.3 Å². The number of benzene rings is 1. The summed E-state index contributed by atoms with van der Waals surface area (Å²) in [6, 6.07) is 5.89. The fraction of sp³-hybridized carbons (Fsp3) is 0.353. The molecule has 0 saturated heterocycles. The summed E-state index contributed by atoms with van der Waals surface area (Å²) in [5.74, 6) is 1.78. The molecule has 0 radical (unpaired) electrons. The molecule has 0 aliphatic rings. The van der Waals surface area contributed by atoms with Crippen molar-refractivity contribution in [2.24, 2.45) is 0 Å². The van der Waals surface area contributed by atoms with Gasteiger partial charge in [0.15, 0.2) is 0 Å². The smallest absolute Gasteiger partial charge is 0.253 e. The first-order chi connectivity index (χ1) is 11.0. The van der Waals surface area contributed by atoms with Gasteiger partial charge >= 0.3 is 0 Å². The highest BCUT2D eigenvalue weighted by Gasteiger charge is 2.16. The predicted octanol–water partition coefficient (Wildman–Crippen LogP) is 4.05. The van der Waals surface area contributed by atoms with Gasteiger partial charge in [0.05, 0.1) is 5.52 Å². The fourth-order valence-corrected chi connectivity index (χ4v) is 2.89. The van der Waals surface area contributed by atoms with E-state index in [4.69, 9.17) is 16.6 Å². The van der Waals surface area contributed by atoms with Crippen LogP contribution in [0.4, 0.5) is 5.82 Å². The van der Waals surface area contributed by atoms with E-state index in [1.54, 1.807) is 10.9 Å². The molecule has 0 spiro atoms. The third-order valence-electron chi connectivity index (χ3n) is 3.95. The van der Waals surface area contributed by atoms with Gasteiger partial charge in [-0.05, 0) is 36.6 Å². The molecule has 120 valence electrons. The van der Waals surface area contributed by atoms with Gasteiger partial charge < -0.3 is 4.90 Å². The number of aromatic nitrogens is 4. The van der Waals surface area contributed by atoms with Crippen LogP contribution in [0.2, 0.25) is 5.02 Å². The Hall–Kier alpha value is -2.14. The summed E-state index contributed by atoms with van der Waals surface area (Å²) in [4.78, 5) is 11.5. The van der Waals surface area contributed by atoms with Crippen molar-refractivity contribution in [2.75, 3.05) is 18.5 Å². The van der Waals surface area contributed by atoms with Crippen molar-refractivity contribution in [1.29, 1.82) is 0 Å². The molecular formula is C17H20ClN5. The second-order valence-corrected chi connectivity index (χ2v) is 6.26. The van der Waals surface area contributed by atoms with Gasteiger partial charge in [0.25, 0.3) is 5.95 Å². The van der Waals surface area contributed by atoms with Crippen LogP contribution >= 0.6 is 11.6 Å². The van der Waals surface area contributed by atoms with E-state index in [1.807, 2.05) is 25.4 Å². The average Bonchev–Trinajstić information content (AvgIpc) is 3.06. The van der Waals surface area contributed by atoms with E-state index >= 15 is 0 Å². The minimum absolute atomic E-state index is 0.345. The minimum atomic E-state index is 0.345. The third-order valence-corrected chi connectivity index (χ3v) is 4.28. The molecule has 1 aromatic carbocycles. The second kappa shape index (κ2) is 6.16. The zero-order valence-electron chi connectivity index (χ0n) is 13.8. The van der Waals surface area contributed by atoms with E-state index in [2.05, 4.69) is 41.8 Å². The normalized spacial score (nSPS) is 11.4. The number of rotatable bonds is 4. The molecule has 2 aromatic heterocycles. The molecule has 3 rings (SSSR count). The van der Waals surface area contributed by atoms with Crippen molar-refractivity contribution >= 4 is 28.3 Å². The highest BCUT2D eigenvalue weighted by Crippen LogP contribution is 2.32. The van der Waals surface area contributed by atoms with Crippen LogP contribution in [0, 0.1) is 0 Å². The monoisotopic (exact) mass is 329 g/mol. The highest BCUT2D eigenvalue weighted by atomic mass is 35.5. The van der Waals surface area contributed by atoms with E-state index in [1.165, 1.54) is 0 Å². The van der Waals surface area contributed by atoms with Crippen LogP contribution in [0.3, 0.4) is 0 Å². The Morgan fingerprint density at radius 1 is 1.26 bits per heavy atom. The van der Waals surface area contributed by atoms with Gasteiger partial charge in [0.2, 0.25) is 0 Å². The van der Waals surface area contributed by atoms with Crippen LogP contribution < -0.4 is 4.90 Å². The largest absolute Gasteiger partial charge is 0.359 e. The number of anilines is 1. The van der Waals surface area contributed by atoms with Gasteiger partial charge in [-0.15, -0.1) is 0 Å². The molecule has 0 atom stereocenters. The van der Waals surface area contributed by atoms with Crippen molar-refractivity contribution in [3.8, 4) is 5.95 Å². The number of halogens is 1. The first-order valence-electron chi connectivity index (χ1n) is 7.73. The lowest BCUT2D eigenvalue weighted by atomic mass is 10.0. The summed E-state index contributed by atoms with van der Waals surface area (Å²) in [5, 5.41) is 5.98. The molecule has 3 aromatic rings. The van der Waals surface area contributed by atoms with E-state index in [9.17, 15) is 0 Å². The summed E-state index contributed by atoms with van der Waals surface area (Å²) < 4.78 is 1.66. The quantitative estimate of drug-likeness (QED) is 0.724. The number of nitrogens with zero attached hydrogens (tertiary/aromatic N) is 5. The Morgan fingerprint density at radius 2 is 2.04 bits per heavy atom. The lowest BCUT2D eigenvalue weighted by Gasteiger charge is -2.20. The van der Waals surface area contributed by atoms with Gasteiger partial charge in [0.1, 0.15) is 5.82 Å². The van der Waals surface area contributed by atoms with E-state index in [0.717, 1.165) is 33.9 Å². The lowest BCUT2D eigenvalue weighted by molar-refractivity contribution is 0.806. The number of fused-ring (bicyclic) bond motifs is 1. The van der Waals surface area contributed by atoms with Gasteiger partial charge in [-0.2, -0.15) is 10.1 Å². The zero-order valence-corrected chi connectivity index (χ0v) is 14.5. The summed E-state index contributed by atoms with van der Waals surface area (Å²) in [7, 11) is 2.03. The van der Waals surface area contributed by atoms with Crippen molar-refractivity contribution in [3.63, 3.8) is 0 Å². The Kier molecular flexibility index (Phi) is 4.22. The molecule has 0 saturated carbocycles. The van der Waals surface area contributed by atoms with E-state index in [-0.39, 0.29) is 0 Å². The van der Waals surface area contributed by atoms with Crippen molar-refractivity contribution in [1.82, 2.24) is 19.7 Å². The number of hydrogen-bond donors (Lipinski definition) is 0. The van der Waals surface area contributed by atoms with Gasteiger partial charge in [0, 0.05) is 36.4 Å². The van der Waals surface area contributed by atoms with Crippen LogP contribution in [0.15, 0.2) is 30.6 Å². The van der Waals surface area contributed by atoms with Gasteiger partial charge in [-0.25, -0.2) is 9.67 Å². The molecular weight excluding hydrogens is 310 g/mol. The third kappa shape index (κ3) is 2.88. The Bertz CT molecular complexity index is 827. The molecule has 0 amide bonds. The molecule has 6 heteroatoms. The Labute approximate surface area is 140 Å². The minimum Gasteiger partial charge on any atom is -0.359 e. The maximum absolute atomic E-state index is 6.44. The van der Waals surface area contributed by atoms with Crippen LogP contribution in [-0.4, -0.2) is 33.3 Å². The molecule has 0 fully saturated rings. The highest BCUT2D eigenvalue weighted by molar-refractivity contribution is 6.32.